The molecule has 1 aliphatic heterocycles. The lowest BCUT2D eigenvalue weighted by atomic mass is 9.98. The van der Waals surface area contributed by atoms with Crippen molar-refractivity contribution in [2.45, 2.75) is 26.3 Å². The number of anilines is 1. The van der Waals surface area contributed by atoms with Gasteiger partial charge in [0.1, 0.15) is 0 Å². The maximum Gasteiger partial charge on any atom is 0.0587 e. The van der Waals surface area contributed by atoms with E-state index in [2.05, 4.69) is 41.4 Å². The molecule has 0 amide bonds. The molecular weight excluding hydrogens is 236 g/mol. The Balaban J connectivity index is 1.95. The Kier molecular flexibility index (Phi) is 5.67. The van der Waals surface area contributed by atoms with Crippen LogP contribution in [0.2, 0.25) is 0 Å². The Hall–Kier alpha value is -1.06. The molecule has 1 aliphatic rings. The number of ether oxygens (including phenoxy) is 1. The van der Waals surface area contributed by atoms with Gasteiger partial charge in [0.15, 0.2) is 0 Å². The van der Waals surface area contributed by atoms with Gasteiger partial charge in [-0.25, -0.2) is 0 Å². The summed E-state index contributed by atoms with van der Waals surface area (Å²) in [6, 6.07) is 8.76. The molecule has 3 nitrogen and oxygen atoms in total. The van der Waals surface area contributed by atoms with Crippen molar-refractivity contribution >= 4 is 5.69 Å². The lowest BCUT2D eigenvalue weighted by Crippen LogP contribution is -2.34. The second-order valence-electron chi connectivity index (χ2n) is 5.47. The van der Waals surface area contributed by atoms with Crippen LogP contribution in [-0.2, 0) is 11.3 Å². The van der Waals surface area contributed by atoms with Crippen LogP contribution in [0.25, 0.3) is 0 Å². The van der Waals surface area contributed by atoms with Gasteiger partial charge >= 0.3 is 0 Å². The van der Waals surface area contributed by atoms with Crippen molar-refractivity contribution in [3.05, 3.63) is 29.8 Å². The fourth-order valence-corrected chi connectivity index (χ4v) is 2.62. The highest BCUT2D eigenvalue weighted by molar-refractivity contribution is 5.53. The van der Waals surface area contributed by atoms with Gasteiger partial charge in [0, 0.05) is 39.0 Å². The Labute approximate surface area is 116 Å². The van der Waals surface area contributed by atoms with Gasteiger partial charge in [-0.3, -0.25) is 0 Å². The number of methoxy groups -OCH3 is 1. The van der Waals surface area contributed by atoms with Gasteiger partial charge in [0.25, 0.3) is 0 Å². The molecule has 0 bridgehead atoms. The smallest absolute Gasteiger partial charge is 0.0587 e. The third-order valence-electron chi connectivity index (χ3n) is 3.91. The maximum atomic E-state index is 5.07. The Bertz CT molecular complexity index is 373. The molecule has 1 aromatic carbocycles. The van der Waals surface area contributed by atoms with E-state index in [1.165, 1.54) is 37.2 Å². The van der Waals surface area contributed by atoms with E-state index in [1.54, 1.807) is 7.11 Å². The average Bonchev–Trinajstić information content (AvgIpc) is 2.45. The van der Waals surface area contributed by atoms with Crippen LogP contribution in [0.15, 0.2) is 24.3 Å². The number of para-hydroxylation sites is 1. The predicted molar refractivity (Wildman–Crippen MR) is 80.6 cm³/mol. The summed E-state index contributed by atoms with van der Waals surface area (Å²) in [6.07, 6.45) is 2.62. The quantitative estimate of drug-likeness (QED) is 0.798. The molecule has 1 fully saturated rings. The molecule has 1 aromatic rings. The van der Waals surface area contributed by atoms with Crippen molar-refractivity contribution in [2.75, 3.05) is 38.3 Å². The summed E-state index contributed by atoms with van der Waals surface area (Å²) in [5, 5.41) is 3.44. The normalized spacial score (nSPS) is 16.8. The molecule has 0 atom stereocenters. The van der Waals surface area contributed by atoms with E-state index in [9.17, 15) is 0 Å². The van der Waals surface area contributed by atoms with Gasteiger partial charge in [0.2, 0.25) is 0 Å². The van der Waals surface area contributed by atoms with Gasteiger partial charge in [-0.05, 0) is 30.4 Å². The highest BCUT2D eigenvalue weighted by Gasteiger charge is 2.17. The summed E-state index contributed by atoms with van der Waals surface area (Å²) < 4.78 is 5.07. The van der Waals surface area contributed by atoms with Crippen LogP contribution < -0.4 is 10.2 Å². The average molecular weight is 262 g/mol. The van der Waals surface area contributed by atoms with E-state index >= 15 is 0 Å². The number of nitrogens with zero attached hydrogens (tertiary/aromatic N) is 1. The molecule has 0 spiro atoms. The highest BCUT2D eigenvalue weighted by atomic mass is 16.5. The Morgan fingerprint density at radius 3 is 2.74 bits per heavy atom. The van der Waals surface area contributed by atoms with Crippen LogP contribution in [-0.4, -0.2) is 33.4 Å². The van der Waals surface area contributed by atoms with Gasteiger partial charge < -0.3 is 15.0 Å². The minimum absolute atomic E-state index is 0.767. The number of hydrogen-bond donors (Lipinski definition) is 1. The largest absolute Gasteiger partial charge is 0.383 e. The molecule has 0 saturated carbocycles. The van der Waals surface area contributed by atoms with Crippen molar-refractivity contribution in [1.82, 2.24) is 5.32 Å². The molecule has 106 valence electrons. The van der Waals surface area contributed by atoms with E-state index in [4.69, 9.17) is 4.74 Å². The molecule has 0 unspecified atom stereocenters. The first kappa shape index (κ1) is 14.4. The first-order chi connectivity index (χ1) is 9.31. The van der Waals surface area contributed by atoms with Crippen molar-refractivity contribution in [1.29, 1.82) is 0 Å². The van der Waals surface area contributed by atoms with Crippen LogP contribution in [0, 0.1) is 5.92 Å². The monoisotopic (exact) mass is 262 g/mol. The number of nitrogens with one attached hydrogen (secondary N) is 1. The zero-order valence-electron chi connectivity index (χ0n) is 12.2. The minimum Gasteiger partial charge on any atom is -0.383 e. The van der Waals surface area contributed by atoms with Crippen LogP contribution in [0.4, 0.5) is 5.69 Å². The first-order valence-electron chi connectivity index (χ1n) is 7.33. The first-order valence-corrected chi connectivity index (χ1v) is 7.33. The Morgan fingerprint density at radius 2 is 2.00 bits per heavy atom. The van der Waals surface area contributed by atoms with E-state index < -0.39 is 0 Å². The summed E-state index contributed by atoms with van der Waals surface area (Å²) in [6.45, 7) is 7.33. The summed E-state index contributed by atoms with van der Waals surface area (Å²) in [7, 11) is 1.74. The standard InChI is InChI=1S/C16H26N2O/c1-14-7-10-18(11-8-14)16-6-4-3-5-15(16)13-17-9-12-19-2/h3-6,14,17H,7-13H2,1-2H3. The van der Waals surface area contributed by atoms with Gasteiger partial charge in [-0.2, -0.15) is 0 Å². The number of piperidine rings is 1. The lowest BCUT2D eigenvalue weighted by molar-refractivity contribution is 0.199. The van der Waals surface area contributed by atoms with Gasteiger partial charge in [-0.15, -0.1) is 0 Å². The zero-order valence-corrected chi connectivity index (χ0v) is 12.2. The predicted octanol–water partition coefficient (Wildman–Crippen LogP) is 2.66. The molecule has 3 heteroatoms. The van der Waals surface area contributed by atoms with Crippen LogP contribution >= 0.6 is 0 Å². The van der Waals surface area contributed by atoms with E-state index in [1.807, 2.05) is 0 Å². The fraction of sp³-hybridized carbons (Fsp3) is 0.625. The second kappa shape index (κ2) is 7.51. The molecule has 0 radical (unpaired) electrons. The van der Waals surface area contributed by atoms with Crippen molar-refractivity contribution in [3.63, 3.8) is 0 Å². The van der Waals surface area contributed by atoms with Crippen LogP contribution in [0.1, 0.15) is 25.3 Å². The van der Waals surface area contributed by atoms with Crippen molar-refractivity contribution in [3.8, 4) is 0 Å². The van der Waals surface area contributed by atoms with E-state index in [0.717, 1.165) is 25.6 Å². The molecule has 1 saturated heterocycles. The zero-order chi connectivity index (χ0) is 13.5. The van der Waals surface area contributed by atoms with Gasteiger partial charge in [-0.1, -0.05) is 25.1 Å². The minimum atomic E-state index is 0.767. The third-order valence-corrected chi connectivity index (χ3v) is 3.91. The molecule has 2 rings (SSSR count). The Morgan fingerprint density at radius 1 is 1.26 bits per heavy atom. The van der Waals surface area contributed by atoms with E-state index in [-0.39, 0.29) is 0 Å². The molecule has 19 heavy (non-hydrogen) atoms. The summed E-state index contributed by atoms with van der Waals surface area (Å²) in [5.41, 5.74) is 2.80. The summed E-state index contributed by atoms with van der Waals surface area (Å²) in [4.78, 5) is 2.54. The molecular formula is C16H26N2O. The van der Waals surface area contributed by atoms with Crippen LogP contribution in [0.5, 0.6) is 0 Å². The maximum absolute atomic E-state index is 5.07. The number of hydrogen-bond acceptors (Lipinski definition) is 3. The van der Waals surface area contributed by atoms with Crippen molar-refractivity contribution in [2.24, 2.45) is 5.92 Å². The number of benzene rings is 1. The SMILES string of the molecule is COCCNCc1ccccc1N1CCC(C)CC1. The highest BCUT2D eigenvalue weighted by Crippen LogP contribution is 2.26. The third kappa shape index (κ3) is 4.22. The van der Waals surface area contributed by atoms with E-state index in [0.29, 0.717) is 0 Å². The van der Waals surface area contributed by atoms with Gasteiger partial charge in [0.05, 0.1) is 6.61 Å². The molecule has 0 aromatic heterocycles. The molecule has 1 heterocycles. The topological polar surface area (TPSA) is 24.5 Å². The summed E-state index contributed by atoms with van der Waals surface area (Å²) in [5.74, 6) is 0.878. The molecule has 0 aliphatic carbocycles. The lowest BCUT2D eigenvalue weighted by Gasteiger charge is -2.33. The van der Waals surface area contributed by atoms with Crippen LogP contribution in [0.3, 0.4) is 0 Å². The fourth-order valence-electron chi connectivity index (χ4n) is 2.62. The van der Waals surface area contributed by atoms with Crippen molar-refractivity contribution < 1.29 is 4.74 Å². The molecule has 1 N–H and O–H groups in total. The number of rotatable bonds is 6. The summed E-state index contributed by atoms with van der Waals surface area (Å²) >= 11 is 0. The second-order valence-corrected chi connectivity index (χ2v) is 5.47.